The van der Waals surface area contributed by atoms with E-state index >= 15 is 0 Å². The third kappa shape index (κ3) is 7.81. The summed E-state index contributed by atoms with van der Waals surface area (Å²) in [6.45, 7) is 12.0. The van der Waals surface area contributed by atoms with E-state index < -0.39 is 0 Å². The average Bonchev–Trinajstić information content (AvgIpc) is 2.87. The molecule has 1 aliphatic heterocycles. The normalized spacial score (nSPS) is 20.7. The molecule has 1 saturated heterocycles. The zero-order valence-electron chi connectivity index (χ0n) is 21.9. The van der Waals surface area contributed by atoms with Crippen LogP contribution in [0.3, 0.4) is 0 Å². The van der Waals surface area contributed by atoms with Crippen molar-refractivity contribution in [1.29, 1.82) is 5.41 Å². The Morgan fingerprint density at radius 1 is 1.26 bits per heavy atom. The fourth-order valence-corrected chi connectivity index (χ4v) is 4.55. The molecular weight excluding hydrogens is 440 g/mol. The van der Waals surface area contributed by atoms with Crippen molar-refractivity contribution < 1.29 is 15.0 Å². The number of nitrogens with one attached hydrogen (secondary N) is 4. The molecule has 0 radical (unpaired) electrons. The Labute approximate surface area is 210 Å². The number of amides is 1. The highest BCUT2D eigenvalue weighted by atomic mass is 16.5. The first kappa shape index (κ1) is 27.2. The molecule has 2 aliphatic rings. The van der Waals surface area contributed by atoms with Crippen LogP contribution in [-0.2, 0) is 9.53 Å². The van der Waals surface area contributed by atoms with Crippen LogP contribution in [0.2, 0.25) is 0 Å². The fourth-order valence-electron chi connectivity index (χ4n) is 4.55. The summed E-state index contributed by atoms with van der Waals surface area (Å²) in [6.07, 6.45) is 6.95. The summed E-state index contributed by atoms with van der Waals surface area (Å²) in [7, 11) is 1.87. The SMILES string of the molecule is CN[NH2+]C(NC(C)(C)CNC(=O)C1=CC(N2CCOCC2)CC=C1)C(C)C(=N)c1ccc(C)cc1. The number of carbonyl (C=O) groups excluding carboxylic acids is 1. The molecule has 0 spiro atoms. The van der Waals surface area contributed by atoms with Crippen LogP contribution < -0.4 is 21.5 Å². The third-order valence-corrected chi connectivity index (χ3v) is 6.77. The minimum absolute atomic E-state index is 0.0522. The minimum Gasteiger partial charge on any atom is -0.379 e. The predicted octanol–water partition coefficient (Wildman–Crippen LogP) is 1.09. The Balaban J connectivity index is 1.58. The number of nitrogens with zero attached hydrogens (tertiary/aromatic N) is 1. The van der Waals surface area contributed by atoms with E-state index in [1.165, 1.54) is 5.56 Å². The topological polar surface area (TPSA) is 106 Å². The number of hydrogen-bond acceptors (Lipinski definition) is 6. The van der Waals surface area contributed by atoms with Crippen molar-refractivity contribution in [2.24, 2.45) is 5.92 Å². The van der Waals surface area contributed by atoms with E-state index in [0.29, 0.717) is 12.3 Å². The smallest absolute Gasteiger partial charge is 0.251 e. The summed E-state index contributed by atoms with van der Waals surface area (Å²) in [4.78, 5) is 15.4. The molecule has 0 aromatic heterocycles. The molecule has 1 fully saturated rings. The van der Waals surface area contributed by atoms with Gasteiger partial charge in [0.2, 0.25) is 0 Å². The molecule has 0 bridgehead atoms. The van der Waals surface area contributed by atoms with E-state index in [2.05, 4.69) is 60.8 Å². The number of ether oxygens (including phenoxy) is 1. The van der Waals surface area contributed by atoms with Crippen molar-refractivity contribution in [3.8, 4) is 0 Å². The fraction of sp³-hybridized carbons (Fsp3) is 0.556. The first-order valence-electron chi connectivity index (χ1n) is 12.6. The molecule has 35 heavy (non-hydrogen) atoms. The summed E-state index contributed by atoms with van der Waals surface area (Å²) < 4.78 is 5.46. The summed E-state index contributed by atoms with van der Waals surface area (Å²) in [5.74, 6) is -0.109. The van der Waals surface area contributed by atoms with Gasteiger partial charge in [-0.25, -0.2) is 0 Å². The maximum atomic E-state index is 13.0. The van der Waals surface area contributed by atoms with Crippen LogP contribution >= 0.6 is 0 Å². The lowest BCUT2D eigenvalue weighted by molar-refractivity contribution is -0.748. The van der Waals surface area contributed by atoms with Crippen molar-refractivity contribution in [3.05, 3.63) is 59.2 Å². The van der Waals surface area contributed by atoms with Crippen molar-refractivity contribution in [1.82, 2.24) is 21.0 Å². The number of morpholine rings is 1. The number of rotatable bonds is 11. The van der Waals surface area contributed by atoms with Gasteiger partial charge in [0.25, 0.3) is 5.91 Å². The molecule has 0 saturated carbocycles. The molecule has 1 aromatic rings. The van der Waals surface area contributed by atoms with Crippen LogP contribution in [-0.4, -0.2) is 74.2 Å². The van der Waals surface area contributed by atoms with Crippen LogP contribution in [0.25, 0.3) is 0 Å². The number of carbonyl (C=O) groups is 1. The maximum Gasteiger partial charge on any atom is 0.251 e. The summed E-state index contributed by atoms with van der Waals surface area (Å²) >= 11 is 0. The van der Waals surface area contributed by atoms with Gasteiger partial charge in [-0.3, -0.25) is 20.4 Å². The van der Waals surface area contributed by atoms with Gasteiger partial charge in [-0.2, -0.15) is 5.43 Å². The van der Waals surface area contributed by atoms with Gasteiger partial charge in [-0.05, 0) is 39.7 Å². The summed E-state index contributed by atoms with van der Waals surface area (Å²) in [5, 5.41) is 15.5. The molecule has 1 amide bonds. The predicted molar refractivity (Wildman–Crippen MR) is 140 cm³/mol. The first-order chi connectivity index (χ1) is 16.7. The lowest BCUT2D eigenvalue weighted by Gasteiger charge is -2.34. The summed E-state index contributed by atoms with van der Waals surface area (Å²) in [5.41, 5.74) is 8.15. The highest BCUT2D eigenvalue weighted by Gasteiger charge is 2.31. The van der Waals surface area contributed by atoms with Gasteiger partial charge < -0.3 is 15.5 Å². The van der Waals surface area contributed by atoms with Gasteiger partial charge in [-0.1, -0.05) is 48.1 Å². The van der Waals surface area contributed by atoms with Gasteiger partial charge in [-0.15, -0.1) is 0 Å². The molecule has 1 heterocycles. The molecule has 192 valence electrons. The molecule has 1 aromatic carbocycles. The quantitative estimate of drug-likeness (QED) is 0.140. The second-order valence-corrected chi connectivity index (χ2v) is 10.2. The molecule has 3 rings (SSSR count). The van der Waals surface area contributed by atoms with Crippen LogP contribution in [0.15, 0.2) is 48.1 Å². The van der Waals surface area contributed by atoms with Gasteiger partial charge in [0, 0.05) is 49.5 Å². The largest absolute Gasteiger partial charge is 0.379 e. The molecule has 3 unspecified atom stereocenters. The molecule has 6 N–H and O–H groups in total. The molecule has 8 heteroatoms. The van der Waals surface area contributed by atoms with Crippen molar-refractivity contribution in [2.75, 3.05) is 39.9 Å². The van der Waals surface area contributed by atoms with E-state index in [4.69, 9.17) is 10.1 Å². The third-order valence-electron chi connectivity index (χ3n) is 6.77. The van der Waals surface area contributed by atoms with Gasteiger partial charge in [0.1, 0.15) is 0 Å². The van der Waals surface area contributed by atoms with Crippen LogP contribution in [0.1, 0.15) is 38.3 Å². The standard InChI is InChI=1S/C27H42N6O2/c1-19-9-11-21(12-10-19)24(28)20(2)25(32-29-5)31-27(3,4)18-30-26(34)22-7-6-8-23(17-22)33-13-15-35-16-14-33/h6-7,9-12,17,20,23,25,28-29,31-32H,8,13-16,18H2,1-5H3,(H,30,34)/p+1. The second-order valence-electron chi connectivity index (χ2n) is 10.2. The maximum absolute atomic E-state index is 13.0. The molecule has 3 atom stereocenters. The van der Waals surface area contributed by atoms with Crippen LogP contribution in [0, 0.1) is 18.3 Å². The van der Waals surface area contributed by atoms with Gasteiger partial charge in [0.15, 0.2) is 6.17 Å². The van der Waals surface area contributed by atoms with Gasteiger partial charge >= 0.3 is 0 Å². The van der Waals surface area contributed by atoms with E-state index in [0.717, 1.165) is 43.9 Å². The molecule has 8 nitrogen and oxygen atoms in total. The van der Waals surface area contributed by atoms with Gasteiger partial charge in [0.05, 0.1) is 19.1 Å². The highest BCUT2D eigenvalue weighted by molar-refractivity contribution is 6.00. The lowest BCUT2D eigenvalue weighted by Crippen LogP contribution is -3.02. The average molecular weight is 484 g/mol. The zero-order valence-corrected chi connectivity index (χ0v) is 21.9. The van der Waals surface area contributed by atoms with Crippen molar-refractivity contribution in [2.45, 2.75) is 51.9 Å². The monoisotopic (exact) mass is 483 g/mol. The number of aryl methyl sites for hydroxylation is 1. The Hall–Kier alpha value is -2.36. The zero-order chi connectivity index (χ0) is 25.4. The Morgan fingerprint density at radius 3 is 2.60 bits per heavy atom. The first-order valence-corrected chi connectivity index (χ1v) is 12.6. The lowest BCUT2D eigenvalue weighted by atomic mass is 9.93. The molecular formula is C27H43N6O2+. The summed E-state index contributed by atoms with van der Waals surface area (Å²) in [6, 6.07) is 8.34. The van der Waals surface area contributed by atoms with Crippen molar-refractivity contribution >= 4 is 11.6 Å². The highest BCUT2D eigenvalue weighted by Crippen LogP contribution is 2.18. The van der Waals surface area contributed by atoms with Crippen LogP contribution in [0.5, 0.6) is 0 Å². The number of nitrogens with two attached hydrogens (primary N) is 1. The van der Waals surface area contributed by atoms with Crippen LogP contribution in [0.4, 0.5) is 0 Å². The Morgan fingerprint density at radius 2 is 1.94 bits per heavy atom. The van der Waals surface area contributed by atoms with E-state index in [1.807, 2.05) is 42.8 Å². The number of quaternary nitrogens is 1. The number of hydrogen-bond donors (Lipinski definition) is 5. The van der Waals surface area contributed by atoms with E-state index in [-0.39, 0.29) is 29.6 Å². The number of benzene rings is 1. The minimum atomic E-state index is -0.377. The Bertz CT molecular complexity index is 918. The Kier molecular flexibility index (Phi) is 9.77. The molecule has 1 aliphatic carbocycles. The van der Waals surface area contributed by atoms with E-state index in [9.17, 15) is 4.79 Å². The van der Waals surface area contributed by atoms with E-state index in [1.54, 1.807) is 0 Å². The van der Waals surface area contributed by atoms with Crippen molar-refractivity contribution in [3.63, 3.8) is 0 Å². The second kappa shape index (κ2) is 12.6.